The Morgan fingerprint density at radius 2 is 1.83 bits per heavy atom. The number of nitrogens with zero attached hydrogens (tertiary/aromatic N) is 1. The highest BCUT2D eigenvalue weighted by molar-refractivity contribution is 7.91. The van der Waals surface area contributed by atoms with Crippen molar-refractivity contribution >= 4 is 26.6 Å². The molecular weight excluding hydrogens is 495 g/mol. The fourth-order valence-corrected chi connectivity index (χ4v) is 5.26. The van der Waals surface area contributed by atoms with Crippen molar-refractivity contribution in [2.45, 2.75) is 50.2 Å². The molecule has 2 heterocycles. The summed E-state index contributed by atoms with van der Waals surface area (Å²) >= 11 is 0. The second-order valence-electron chi connectivity index (χ2n) is 9.06. The van der Waals surface area contributed by atoms with Crippen LogP contribution in [0.4, 0.5) is 13.2 Å². The van der Waals surface area contributed by atoms with Crippen molar-refractivity contribution in [3.63, 3.8) is 0 Å². The summed E-state index contributed by atoms with van der Waals surface area (Å²) < 4.78 is 68.4. The Balaban J connectivity index is 1.36. The van der Waals surface area contributed by atoms with Crippen LogP contribution < -0.4 is 10.1 Å². The molecule has 2 aromatic heterocycles. The number of alkyl halides is 3. The maximum absolute atomic E-state index is 12.9. The Morgan fingerprint density at radius 3 is 2.47 bits per heavy atom. The summed E-state index contributed by atoms with van der Waals surface area (Å²) in [4.78, 5) is 20.2. The Kier molecular flexibility index (Phi) is 7.58. The van der Waals surface area contributed by atoms with Gasteiger partial charge in [0.2, 0.25) is 5.88 Å². The number of hydrogen-bond acceptors (Lipinski definition) is 5. The number of rotatable bonds is 8. The number of pyridine rings is 1. The molecule has 1 amide bonds. The number of sulfone groups is 1. The van der Waals surface area contributed by atoms with Crippen molar-refractivity contribution in [3.05, 3.63) is 53.9 Å². The maximum Gasteiger partial charge on any atom is 0.391 e. The largest absolute Gasteiger partial charge is 0.476 e. The SMILES string of the molecule is CCS(=O)(=O)c1ccc(CNC(=O)c2cc3ccnc(OCC4CCC(C(F)(F)F)CC4)c3[nH]2)cc1. The first-order chi connectivity index (χ1) is 17.1. The molecule has 2 N–H and O–H groups in total. The Morgan fingerprint density at radius 1 is 1.14 bits per heavy atom. The molecule has 36 heavy (non-hydrogen) atoms. The highest BCUT2D eigenvalue weighted by Crippen LogP contribution is 2.39. The molecule has 0 atom stereocenters. The maximum atomic E-state index is 12.9. The third kappa shape index (κ3) is 6.00. The van der Waals surface area contributed by atoms with E-state index in [1.807, 2.05) is 0 Å². The molecule has 0 unspecified atom stereocenters. The number of ether oxygens (including phenoxy) is 1. The smallest absolute Gasteiger partial charge is 0.391 e. The zero-order chi connectivity index (χ0) is 25.9. The van der Waals surface area contributed by atoms with E-state index >= 15 is 0 Å². The summed E-state index contributed by atoms with van der Waals surface area (Å²) in [6.07, 6.45) is -1.47. The van der Waals surface area contributed by atoms with Crippen LogP contribution >= 0.6 is 0 Å². The summed E-state index contributed by atoms with van der Waals surface area (Å²) in [5.41, 5.74) is 1.60. The monoisotopic (exact) mass is 523 g/mol. The molecule has 194 valence electrons. The number of aromatic amines is 1. The molecule has 1 saturated carbocycles. The summed E-state index contributed by atoms with van der Waals surface area (Å²) in [6, 6.07) is 9.77. The van der Waals surface area contributed by atoms with Gasteiger partial charge in [0.1, 0.15) is 11.2 Å². The van der Waals surface area contributed by atoms with Gasteiger partial charge < -0.3 is 15.0 Å². The molecule has 0 radical (unpaired) electrons. The topological polar surface area (TPSA) is 101 Å². The van der Waals surface area contributed by atoms with Crippen molar-refractivity contribution in [2.75, 3.05) is 12.4 Å². The number of fused-ring (bicyclic) bond motifs is 1. The molecule has 3 aromatic rings. The third-order valence-electron chi connectivity index (χ3n) is 6.63. The van der Waals surface area contributed by atoms with Gasteiger partial charge in [0.15, 0.2) is 9.84 Å². The molecule has 7 nitrogen and oxygen atoms in total. The molecule has 1 fully saturated rings. The van der Waals surface area contributed by atoms with E-state index in [0.29, 0.717) is 29.9 Å². The predicted octanol–water partition coefficient (Wildman–Crippen LogP) is 5.03. The van der Waals surface area contributed by atoms with E-state index in [0.717, 1.165) is 10.9 Å². The Bertz CT molecular complexity index is 1310. The molecule has 4 rings (SSSR count). The van der Waals surface area contributed by atoms with E-state index in [-0.39, 0.29) is 48.5 Å². The minimum Gasteiger partial charge on any atom is -0.476 e. The van der Waals surface area contributed by atoms with Gasteiger partial charge in [-0.3, -0.25) is 4.79 Å². The van der Waals surface area contributed by atoms with Gasteiger partial charge in [-0.25, -0.2) is 13.4 Å². The molecule has 1 aliphatic rings. The van der Waals surface area contributed by atoms with Crippen molar-refractivity contribution in [1.82, 2.24) is 15.3 Å². The van der Waals surface area contributed by atoms with Crippen LogP contribution in [0.2, 0.25) is 0 Å². The van der Waals surface area contributed by atoms with E-state index in [2.05, 4.69) is 15.3 Å². The number of halogens is 3. The highest BCUT2D eigenvalue weighted by atomic mass is 32.2. The molecule has 0 aliphatic heterocycles. The zero-order valence-corrected chi connectivity index (χ0v) is 20.6. The third-order valence-corrected chi connectivity index (χ3v) is 8.38. The van der Waals surface area contributed by atoms with Crippen LogP contribution in [0, 0.1) is 11.8 Å². The summed E-state index contributed by atoms with van der Waals surface area (Å²) in [5, 5.41) is 3.52. The molecule has 0 saturated heterocycles. The fourth-order valence-electron chi connectivity index (χ4n) is 4.37. The van der Waals surface area contributed by atoms with Crippen LogP contribution in [0.1, 0.15) is 48.7 Å². The number of amides is 1. The number of aromatic nitrogens is 2. The van der Waals surface area contributed by atoms with Crippen LogP contribution in [0.15, 0.2) is 47.5 Å². The lowest BCUT2D eigenvalue weighted by Gasteiger charge is -2.29. The molecule has 0 bridgehead atoms. The van der Waals surface area contributed by atoms with Crippen LogP contribution in [0.5, 0.6) is 5.88 Å². The van der Waals surface area contributed by atoms with Crippen LogP contribution in [0.25, 0.3) is 10.9 Å². The van der Waals surface area contributed by atoms with E-state index < -0.39 is 21.9 Å². The van der Waals surface area contributed by atoms with E-state index in [1.54, 1.807) is 37.4 Å². The summed E-state index contributed by atoms with van der Waals surface area (Å²) in [6.45, 7) is 2.06. The number of benzene rings is 1. The van der Waals surface area contributed by atoms with E-state index in [4.69, 9.17) is 4.74 Å². The van der Waals surface area contributed by atoms with E-state index in [9.17, 15) is 26.4 Å². The Hall–Kier alpha value is -3.08. The van der Waals surface area contributed by atoms with Gasteiger partial charge in [-0.05, 0) is 61.4 Å². The molecule has 1 aromatic carbocycles. The first-order valence-electron chi connectivity index (χ1n) is 11.8. The first kappa shape index (κ1) is 26.0. The summed E-state index contributed by atoms with van der Waals surface area (Å²) in [7, 11) is -3.28. The van der Waals surface area contributed by atoms with Gasteiger partial charge in [-0.2, -0.15) is 13.2 Å². The summed E-state index contributed by atoms with van der Waals surface area (Å²) in [5.74, 6) is -1.24. The standard InChI is InChI=1S/C25H28F3N3O4S/c1-2-36(33,34)20-9-5-16(6-10-20)14-30-23(32)21-13-18-11-12-29-24(22(18)31-21)35-15-17-3-7-19(8-4-17)25(26,27)28/h5-6,9-13,17,19,31H,2-4,7-8,14-15H2,1H3,(H,30,32). The normalized spacial score (nSPS) is 18.8. The minimum atomic E-state index is -4.14. The molecule has 11 heteroatoms. The minimum absolute atomic E-state index is 0.0171. The second-order valence-corrected chi connectivity index (χ2v) is 11.3. The van der Waals surface area contributed by atoms with Crippen molar-refractivity contribution in [1.29, 1.82) is 0 Å². The number of hydrogen-bond donors (Lipinski definition) is 2. The quantitative estimate of drug-likeness (QED) is 0.431. The second kappa shape index (κ2) is 10.5. The van der Waals surface area contributed by atoms with Gasteiger partial charge in [0, 0.05) is 18.1 Å². The number of carbonyl (C=O) groups is 1. The predicted molar refractivity (Wildman–Crippen MR) is 128 cm³/mol. The highest BCUT2D eigenvalue weighted by Gasteiger charge is 2.41. The van der Waals surface area contributed by atoms with Gasteiger partial charge in [0.05, 0.1) is 23.2 Å². The van der Waals surface area contributed by atoms with Gasteiger partial charge in [-0.1, -0.05) is 19.1 Å². The van der Waals surface area contributed by atoms with Crippen LogP contribution in [-0.4, -0.2) is 42.8 Å². The lowest BCUT2D eigenvalue weighted by atomic mass is 9.82. The number of nitrogens with one attached hydrogen (secondary N) is 2. The van der Waals surface area contributed by atoms with Gasteiger partial charge >= 0.3 is 6.18 Å². The molecule has 1 aliphatic carbocycles. The van der Waals surface area contributed by atoms with Crippen molar-refractivity contribution in [2.24, 2.45) is 11.8 Å². The average molecular weight is 524 g/mol. The molecule has 0 spiro atoms. The lowest BCUT2D eigenvalue weighted by molar-refractivity contribution is -0.184. The van der Waals surface area contributed by atoms with Crippen LogP contribution in [-0.2, 0) is 16.4 Å². The number of H-pyrrole nitrogens is 1. The fraction of sp³-hybridized carbons (Fsp3) is 0.440. The zero-order valence-electron chi connectivity index (χ0n) is 19.8. The van der Waals surface area contributed by atoms with Crippen LogP contribution in [0.3, 0.4) is 0 Å². The van der Waals surface area contributed by atoms with Crippen molar-refractivity contribution in [3.8, 4) is 5.88 Å². The molecular formula is C25H28F3N3O4S. The van der Waals surface area contributed by atoms with Gasteiger partial charge in [-0.15, -0.1) is 0 Å². The Labute approximate surface area is 207 Å². The van der Waals surface area contributed by atoms with E-state index in [1.165, 1.54) is 12.1 Å². The first-order valence-corrected chi connectivity index (χ1v) is 13.5. The lowest BCUT2D eigenvalue weighted by Crippen LogP contribution is -2.29. The average Bonchev–Trinajstić information content (AvgIpc) is 3.31. The number of carbonyl (C=O) groups excluding carboxylic acids is 1. The van der Waals surface area contributed by atoms with Gasteiger partial charge in [0.25, 0.3) is 5.91 Å². The van der Waals surface area contributed by atoms with Crippen molar-refractivity contribution < 1.29 is 31.1 Å².